The fourth-order valence-corrected chi connectivity index (χ4v) is 4.93. The molecule has 4 aliphatic rings. The average molecular weight is 382 g/mol. The third kappa shape index (κ3) is 3.02. The van der Waals surface area contributed by atoms with Gasteiger partial charge in [0.15, 0.2) is 0 Å². The molecule has 7 heteroatoms. The average Bonchev–Trinajstić information content (AvgIpc) is 3.43. The molecule has 28 heavy (non-hydrogen) atoms. The Kier molecular flexibility index (Phi) is 4.25. The van der Waals surface area contributed by atoms with Crippen LogP contribution >= 0.6 is 0 Å². The normalized spacial score (nSPS) is 26.9. The molecule has 0 aromatic heterocycles. The number of fused-ring (bicyclic) bond motifs is 1. The van der Waals surface area contributed by atoms with E-state index in [1.165, 1.54) is 19.3 Å². The lowest BCUT2D eigenvalue weighted by molar-refractivity contribution is -0.136. The number of nitrogens with one attached hydrogen (secondary N) is 2. The van der Waals surface area contributed by atoms with Gasteiger partial charge in [0.05, 0.1) is 0 Å². The number of nitrogens with zero attached hydrogens (tertiary/aromatic N) is 2. The summed E-state index contributed by atoms with van der Waals surface area (Å²) in [6.45, 7) is 4.43. The van der Waals surface area contributed by atoms with Crippen LogP contribution in [0.3, 0.4) is 0 Å². The number of benzene rings is 1. The molecule has 3 amide bonds. The van der Waals surface area contributed by atoms with Gasteiger partial charge in [-0.15, -0.1) is 0 Å². The van der Waals surface area contributed by atoms with Crippen molar-refractivity contribution in [3.8, 4) is 0 Å². The summed E-state index contributed by atoms with van der Waals surface area (Å²) in [6.07, 6.45) is 4.41. The SMILES string of the molecule is O=C1CCC(N2Cc3ccc(CN4CCNCCC45CC5)cc3C2=O)C(=O)N1. The number of amides is 3. The minimum atomic E-state index is -0.549. The van der Waals surface area contributed by atoms with Crippen LogP contribution in [0.4, 0.5) is 0 Å². The standard InChI is InChI=1S/C21H26N4O3/c26-18-4-3-17(19(27)23-18)25-13-15-2-1-14(11-16(15)20(25)28)12-24-10-9-22-8-7-21(24)5-6-21/h1-2,11,17,22H,3-10,12-13H2,(H,23,26,27). The summed E-state index contributed by atoms with van der Waals surface area (Å²) in [5, 5.41) is 5.85. The summed E-state index contributed by atoms with van der Waals surface area (Å²) in [5.41, 5.74) is 3.19. The molecule has 2 saturated heterocycles. The van der Waals surface area contributed by atoms with Crippen molar-refractivity contribution in [3.05, 3.63) is 34.9 Å². The van der Waals surface area contributed by atoms with Gasteiger partial charge in [-0.2, -0.15) is 0 Å². The highest BCUT2D eigenvalue weighted by molar-refractivity contribution is 6.05. The van der Waals surface area contributed by atoms with Crippen LogP contribution in [0.2, 0.25) is 0 Å². The van der Waals surface area contributed by atoms with E-state index in [9.17, 15) is 14.4 Å². The van der Waals surface area contributed by atoms with Crippen molar-refractivity contribution in [2.75, 3.05) is 19.6 Å². The predicted octanol–water partition coefficient (Wildman–Crippen LogP) is 0.776. The maximum atomic E-state index is 13.0. The summed E-state index contributed by atoms with van der Waals surface area (Å²) in [6, 6.07) is 5.61. The van der Waals surface area contributed by atoms with Crippen LogP contribution in [0.5, 0.6) is 0 Å². The molecular weight excluding hydrogens is 356 g/mol. The van der Waals surface area contributed by atoms with Crippen molar-refractivity contribution in [2.24, 2.45) is 0 Å². The van der Waals surface area contributed by atoms with Crippen molar-refractivity contribution in [1.82, 2.24) is 20.4 Å². The summed E-state index contributed by atoms with van der Waals surface area (Å²) in [7, 11) is 0. The molecule has 0 bridgehead atoms. The van der Waals surface area contributed by atoms with Crippen molar-refractivity contribution in [1.29, 1.82) is 0 Å². The number of carbonyl (C=O) groups is 3. The highest BCUT2D eigenvalue weighted by Crippen LogP contribution is 2.45. The maximum absolute atomic E-state index is 13.0. The second kappa shape index (κ2) is 6.67. The largest absolute Gasteiger partial charge is 0.322 e. The highest BCUT2D eigenvalue weighted by atomic mass is 16.2. The van der Waals surface area contributed by atoms with Crippen molar-refractivity contribution in [3.63, 3.8) is 0 Å². The van der Waals surface area contributed by atoms with Crippen LogP contribution in [0.1, 0.15) is 53.6 Å². The van der Waals surface area contributed by atoms with E-state index in [4.69, 9.17) is 0 Å². The Labute approximate surface area is 164 Å². The molecule has 3 heterocycles. The summed E-state index contributed by atoms with van der Waals surface area (Å²) in [4.78, 5) is 40.8. The van der Waals surface area contributed by atoms with Crippen molar-refractivity contribution in [2.45, 2.75) is 56.8 Å². The number of piperidine rings is 1. The van der Waals surface area contributed by atoms with Crippen LogP contribution in [-0.4, -0.2) is 58.7 Å². The van der Waals surface area contributed by atoms with E-state index >= 15 is 0 Å². The first-order chi connectivity index (χ1) is 13.6. The zero-order valence-electron chi connectivity index (χ0n) is 16.0. The third-order valence-corrected chi connectivity index (χ3v) is 6.79. The fourth-order valence-electron chi connectivity index (χ4n) is 4.93. The zero-order valence-corrected chi connectivity index (χ0v) is 16.0. The second-order valence-corrected chi connectivity index (χ2v) is 8.54. The highest BCUT2D eigenvalue weighted by Gasteiger charge is 2.47. The molecule has 3 fully saturated rings. The molecule has 7 nitrogen and oxygen atoms in total. The van der Waals surface area contributed by atoms with E-state index in [0.717, 1.165) is 37.3 Å². The van der Waals surface area contributed by atoms with E-state index < -0.39 is 6.04 Å². The predicted molar refractivity (Wildman–Crippen MR) is 102 cm³/mol. The topological polar surface area (TPSA) is 81.8 Å². The van der Waals surface area contributed by atoms with Crippen LogP contribution in [0.25, 0.3) is 0 Å². The van der Waals surface area contributed by atoms with Gasteiger partial charge in [-0.05, 0) is 49.4 Å². The molecule has 2 N–H and O–H groups in total. The number of carbonyl (C=O) groups excluding carboxylic acids is 3. The first-order valence-corrected chi connectivity index (χ1v) is 10.3. The van der Waals surface area contributed by atoms with Gasteiger partial charge < -0.3 is 10.2 Å². The first-order valence-electron chi connectivity index (χ1n) is 10.3. The smallest absolute Gasteiger partial charge is 0.255 e. The molecule has 1 unspecified atom stereocenters. The van der Waals surface area contributed by atoms with Crippen LogP contribution in [0.15, 0.2) is 18.2 Å². The monoisotopic (exact) mass is 382 g/mol. The zero-order chi connectivity index (χ0) is 19.3. The molecule has 148 valence electrons. The molecular formula is C21H26N4O3. The van der Waals surface area contributed by atoms with Gasteiger partial charge in [0, 0.05) is 43.7 Å². The quantitative estimate of drug-likeness (QED) is 0.755. The minimum absolute atomic E-state index is 0.0926. The van der Waals surface area contributed by atoms with E-state index in [1.807, 2.05) is 12.1 Å². The summed E-state index contributed by atoms with van der Waals surface area (Å²) >= 11 is 0. The Morgan fingerprint density at radius 3 is 2.75 bits per heavy atom. The van der Waals surface area contributed by atoms with Crippen molar-refractivity contribution < 1.29 is 14.4 Å². The lowest BCUT2D eigenvalue weighted by Gasteiger charge is -2.30. The Morgan fingerprint density at radius 1 is 1.11 bits per heavy atom. The number of rotatable bonds is 3. The summed E-state index contributed by atoms with van der Waals surface area (Å²) < 4.78 is 0. The Morgan fingerprint density at radius 2 is 1.96 bits per heavy atom. The van der Waals surface area contributed by atoms with Crippen LogP contribution in [-0.2, 0) is 22.7 Å². The maximum Gasteiger partial charge on any atom is 0.255 e. The molecule has 1 aliphatic carbocycles. The van der Waals surface area contributed by atoms with Gasteiger partial charge in [0.2, 0.25) is 11.8 Å². The Hall–Kier alpha value is -2.25. The molecule has 1 aromatic carbocycles. The number of hydrogen-bond donors (Lipinski definition) is 2. The van der Waals surface area contributed by atoms with Gasteiger partial charge in [0.25, 0.3) is 5.91 Å². The molecule has 0 radical (unpaired) electrons. The number of imide groups is 1. The van der Waals surface area contributed by atoms with E-state index in [0.29, 0.717) is 24.1 Å². The molecule has 1 atom stereocenters. The first kappa shape index (κ1) is 17.8. The Bertz CT molecular complexity index is 848. The molecule has 5 rings (SSSR count). The summed E-state index contributed by atoms with van der Waals surface area (Å²) in [5.74, 6) is -0.705. The van der Waals surface area contributed by atoms with Gasteiger partial charge in [0.1, 0.15) is 6.04 Å². The number of hydrogen-bond acceptors (Lipinski definition) is 5. The lowest BCUT2D eigenvalue weighted by atomic mass is 10.0. The molecule has 1 spiro atoms. The lowest BCUT2D eigenvalue weighted by Crippen LogP contribution is -2.52. The molecule has 1 saturated carbocycles. The van der Waals surface area contributed by atoms with E-state index in [-0.39, 0.29) is 24.1 Å². The van der Waals surface area contributed by atoms with Gasteiger partial charge in [-0.3, -0.25) is 24.6 Å². The van der Waals surface area contributed by atoms with Gasteiger partial charge in [-0.25, -0.2) is 0 Å². The molecule has 1 aromatic rings. The minimum Gasteiger partial charge on any atom is -0.322 e. The fraction of sp³-hybridized carbons (Fsp3) is 0.571. The van der Waals surface area contributed by atoms with Crippen molar-refractivity contribution >= 4 is 17.7 Å². The van der Waals surface area contributed by atoms with Crippen LogP contribution in [0, 0.1) is 0 Å². The Balaban J connectivity index is 1.33. The van der Waals surface area contributed by atoms with E-state index in [2.05, 4.69) is 21.6 Å². The third-order valence-electron chi connectivity index (χ3n) is 6.79. The van der Waals surface area contributed by atoms with E-state index in [1.54, 1.807) is 4.90 Å². The molecule has 3 aliphatic heterocycles. The second-order valence-electron chi connectivity index (χ2n) is 8.54. The van der Waals surface area contributed by atoms with Gasteiger partial charge in [-0.1, -0.05) is 12.1 Å². The van der Waals surface area contributed by atoms with Gasteiger partial charge >= 0.3 is 0 Å². The van der Waals surface area contributed by atoms with Crippen LogP contribution < -0.4 is 10.6 Å².